The van der Waals surface area contributed by atoms with E-state index in [4.69, 9.17) is 11.6 Å². The molecule has 0 bridgehead atoms. The van der Waals surface area contributed by atoms with Gasteiger partial charge in [-0.15, -0.1) is 0 Å². The minimum Gasteiger partial charge on any atom is -0.378 e. The topological polar surface area (TPSA) is 79.6 Å². The smallest absolute Gasteiger partial charge is 0.266 e. The monoisotopic (exact) mass is 491 g/mol. The third-order valence-corrected chi connectivity index (χ3v) is 6.17. The van der Waals surface area contributed by atoms with Crippen LogP contribution in [0, 0.1) is 0 Å². The van der Waals surface area contributed by atoms with Crippen LogP contribution in [0.3, 0.4) is 0 Å². The van der Waals surface area contributed by atoms with Gasteiger partial charge in [-0.05, 0) is 54.1 Å². The highest BCUT2D eigenvalue weighted by Crippen LogP contribution is 2.22. The number of nitrogens with zero attached hydrogens (tertiary/aromatic N) is 4. The van der Waals surface area contributed by atoms with Crippen molar-refractivity contribution in [2.24, 2.45) is 5.10 Å². The minimum absolute atomic E-state index is 0.0370. The van der Waals surface area contributed by atoms with Gasteiger partial charge in [-0.1, -0.05) is 47.6 Å². The maximum absolute atomic E-state index is 13.2. The van der Waals surface area contributed by atoms with Crippen LogP contribution in [-0.4, -0.2) is 41.5 Å². The molecule has 0 saturated carbocycles. The van der Waals surface area contributed by atoms with Gasteiger partial charge in [-0.25, -0.2) is 10.4 Å². The summed E-state index contributed by atoms with van der Waals surface area (Å²) in [6.07, 6.45) is 1.58. The SMILES string of the molecule is CN(C)c1ccc(/C=N/NC(=O)CSc2nc3ccccc3c(=O)n2-c2ccc(Cl)cc2)cc1. The molecule has 0 radical (unpaired) electrons. The van der Waals surface area contributed by atoms with Crippen molar-refractivity contribution in [2.45, 2.75) is 5.16 Å². The summed E-state index contributed by atoms with van der Waals surface area (Å²) in [5, 5.41) is 5.50. The van der Waals surface area contributed by atoms with E-state index >= 15 is 0 Å². The van der Waals surface area contributed by atoms with Crippen LogP contribution >= 0.6 is 23.4 Å². The normalized spacial score (nSPS) is 11.1. The zero-order valence-electron chi connectivity index (χ0n) is 18.6. The van der Waals surface area contributed by atoms with Gasteiger partial charge in [0.25, 0.3) is 11.5 Å². The number of benzene rings is 3. The molecular formula is C25H22ClN5O2S. The molecule has 1 heterocycles. The van der Waals surface area contributed by atoms with Crippen LogP contribution in [-0.2, 0) is 4.79 Å². The van der Waals surface area contributed by atoms with E-state index in [2.05, 4.69) is 15.5 Å². The summed E-state index contributed by atoms with van der Waals surface area (Å²) in [5.41, 5.74) is 5.44. The van der Waals surface area contributed by atoms with Crippen LogP contribution in [0.25, 0.3) is 16.6 Å². The van der Waals surface area contributed by atoms with Crippen molar-refractivity contribution in [1.82, 2.24) is 15.0 Å². The van der Waals surface area contributed by atoms with Gasteiger partial charge >= 0.3 is 0 Å². The van der Waals surface area contributed by atoms with E-state index in [1.54, 1.807) is 48.7 Å². The molecule has 4 aromatic rings. The number of rotatable bonds is 7. The average Bonchev–Trinajstić information content (AvgIpc) is 2.84. The molecule has 0 aliphatic rings. The molecule has 3 aromatic carbocycles. The van der Waals surface area contributed by atoms with E-state index in [1.165, 1.54) is 4.57 Å². The first-order chi connectivity index (χ1) is 16.4. The molecule has 4 rings (SSSR count). The van der Waals surface area contributed by atoms with Crippen molar-refractivity contribution < 1.29 is 4.79 Å². The second-order valence-electron chi connectivity index (χ2n) is 7.60. The van der Waals surface area contributed by atoms with Gasteiger partial charge in [0.05, 0.1) is 28.6 Å². The molecule has 1 N–H and O–H groups in total. The number of hydrogen-bond donors (Lipinski definition) is 1. The lowest BCUT2D eigenvalue weighted by atomic mass is 10.2. The number of nitrogens with one attached hydrogen (secondary N) is 1. The van der Waals surface area contributed by atoms with Gasteiger partial charge in [0.1, 0.15) is 0 Å². The molecule has 0 unspecified atom stereocenters. The number of carbonyl (C=O) groups is 1. The molecule has 1 aromatic heterocycles. The summed E-state index contributed by atoms with van der Waals surface area (Å²) in [6, 6.07) is 21.8. The van der Waals surface area contributed by atoms with Crippen molar-refractivity contribution in [3.8, 4) is 5.69 Å². The Morgan fingerprint density at radius 2 is 1.79 bits per heavy atom. The summed E-state index contributed by atoms with van der Waals surface area (Å²) in [5.74, 6) is -0.272. The van der Waals surface area contributed by atoms with Gasteiger partial charge in [-0.3, -0.25) is 14.2 Å². The zero-order valence-corrected chi connectivity index (χ0v) is 20.2. The molecule has 172 valence electrons. The quantitative estimate of drug-likeness (QED) is 0.180. The maximum atomic E-state index is 13.2. The number of thioether (sulfide) groups is 1. The third kappa shape index (κ3) is 5.47. The fraction of sp³-hybridized carbons (Fsp3) is 0.120. The van der Waals surface area contributed by atoms with E-state index in [0.717, 1.165) is 23.0 Å². The fourth-order valence-corrected chi connectivity index (χ4v) is 4.16. The first kappa shape index (κ1) is 23.5. The summed E-state index contributed by atoms with van der Waals surface area (Å²) in [6.45, 7) is 0. The Morgan fingerprint density at radius 1 is 1.09 bits per heavy atom. The predicted octanol–water partition coefficient (Wildman–Crippen LogP) is 4.35. The predicted molar refractivity (Wildman–Crippen MR) is 140 cm³/mol. The highest BCUT2D eigenvalue weighted by Gasteiger charge is 2.14. The van der Waals surface area contributed by atoms with Gasteiger partial charge < -0.3 is 4.90 Å². The van der Waals surface area contributed by atoms with E-state index in [0.29, 0.717) is 26.8 Å². The highest BCUT2D eigenvalue weighted by atomic mass is 35.5. The molecule has 34 heavy (non-hydrogen) atoms. The first-order valence-electron chi connectivity index (χ1n) is 10.4. The van der Waals surface area contributed by atoms with E-state index in [1.807, 2.05) is 49.3 Å². The number of carbonyl (C=O) groups excluding carboxylic acids is 1. The second kappa shape index (κ2) is 10.5. The zero-order chi connectivity index (χ0) is 24.1. The molecule has 0 aliphatic carbocycles. The van der Waals surface area contributed by atoms with Crippen LogP contribution in [0.15, 0.2) is 87.8 Å². The van der Waals surface area contributed by atoms with E-state index < -0.39 is 0 Å². The molecule has 0 spiro atoms. The lowest BCUT2D eigenvalue weighted by Crippen LogP contribution is -2.24. The van der Waals surface area contributed by atoms with Crippen LogP contribution in [0.2, 0.25) is 5.02 Å². The van der Waals surface area contributed by atoms with Gasteiger partial charge in [-0.2, -0.15) is 5.10 Å². The van der Waals surface area contributed by atoms with Crippen molar-refractivity contribution in [3.63, 3.8) is 0 Å². The van der Waals surface area contributed by atoms with Crippen molar-refractivity contribution in [3.05, 3.63) is 93.7 Å². The molecule has 1 amide bonds. The first-order valence-corrected chi connectivity index (χ1v) is 11.8. The molecule has 0 fully saturated rings. The van der Waals surface area contributed by atoms with Gasteiger partial charge in [0, 0.05) is 24.8 Å². The molecule has 0 atom stereocenters. The summed E-state index contributed by atoms with van der Waals surface area (Å²) in [7, 11) is 3.94. The Hall–Kier alpha value is -3.62. The van der Waals surface area contributed by atoms with Gasteiger partial charge in [0.15, 0.2) is 5.16 Å². The number of hydrogen-bond acceptors (Lipinski definition) is 6. The van der Waals surface area contributed by atoms with E-state index in [-0.39, 0.29) is 17.2 Å². The summed E-state index contributed by atoms with van der Waals surface area (Å²) >= 11 is 7.18. The number of halogens is 1. The van der Waals surface area contributed by atoms with Crippen LogP contribution < -0.4 is 15.9 Å². The third-order valence-electron chi connectivity index (χ3n) is 4.97. The van der Waals surface area contributed by atoms with Crippen molar-refractivity contribution in [1.29, 1.82) is 0 Å². The van der Waals surface area contributed by atoms with Crippen LogP contribution in [0.4, 0.5) is 5.69 Å². The van der Waals surface area contributed by atoms with Crippen molar-refractivity contribution >= 4 is 52.1 Å². The second-order valence-corrected chi connectivity index (χ2v) is 8.98. The Labute approximate surface area is 206 Å². The number of anilines is 1. The lowest BCUT2D eigenvalue weighted by molar-refractivity contribution is -0.118. The molecule has 0 aliphatic heterocycles. The molecule has 7 nitrogen and oxygen atoms in total. The highest BCUT2D eigenvalue weighted by molar-refractivity contribution is 7.99. The standard InChI is InChI=1S/C25H22ClN5O2S/c1-30(2)19-11-7-17(8-12-19)15-27-29-23(32)16-34-25-28-22-6-4-3-5-21(22)24(33)31(25)20-13-9-18(26)10-14-20/h3-15H,16H2,1-2H3,(H,29,32)/b27-15+. The number of hydrazone groups is 1. The van der Waals surface area contributed by atoms with Crippen molar-refractivity contribution in [2.75, 3.05) is 24.7 Å². The van der Waals surface area contributed by atoms with Crippen LogP contribution in [0.1, 0.15) is 5.56 Å². The van der Waals surface area contributed by atoms with Gasteiger partial charge in [0.2, 0.25) is 0 Å². The Kier molecular flexibility index (Phi) is 7.30. The summed E-state index contributed by atoms with van der Waals surface area (Å²) in [4.78, 5) is 32.3. The maximum Gasteiger partial charge on any atom is 0.266 e. The number of fused-ring (bicyclic) bond motifs is 1. The number of aromatic nitrogens is 2. The van der Waals surface area contributed by atoms with Crippen LogP contribution in [0.5, 0.6) is 0 Å². The molecule has 9 heteroatoms. The Morgan fingerprint density at radius 3 is 2.50 bits per heavy atom. The lowest BCUT2D eigenvalue weighted by Gasteiger charge is -2.13. The Bertz CT molecular complexity index is 1400. The summed E-state index contributed by atoms with van der Waals surface area (Å²) < 4.78 is 1.49. The fourth-order valence-electron chi connectivity index (χ4n) is 3.23. The van der Waals surface area contributed by atoms with E-state index in [9.17, 15) is 9.59 Å². The average molecular weight is 492 g/mol. The molecular weight excluding hydrogens is 470 g/mol. The minimum atomic E-state index is -0.309. The Balaban J connectivity index is 1.51. The number of para-hydroxylation sites is 1. The molecule has 0 saturated heterocycles. The number of amides is 1. The largest absolute Gasteiger partial charge is 0.378 e.